The molecular weight excluding hydrogens is 418 g/mol. The highest BCUT2D eigenvalue weighted by molar-refractivity contribution is 6.40. The van der Waals surface area contributed by atoms with Crippen molar-refractivity contribution in [3.05, 3.63) is 52.5 Å². The van der Waals surface area contributed by atoms with E-state index in [1.165, 1.54) is 18.2 Å². The van der Waals surface area contributed by atoms with Gasteiger partial charge in [0.05, 0.1) is 30.3 Å². The first-order valence-electron chi connectivity index (χ1n) is 10.0. The SMILES string of the molecule is CCCCCOc1ccc(C(C)NC(=O)C(=O)Nc2ccc(C#N)c(Cl)c2)cc1OC. The largest absolute Gasteiger partial charge is 0.493 e. The Bertz CT molecular complexity index is 972. The van der Waals surface area contributed by atoms with Crippen molar-refractivity contribution in [2.75, 3.05) is 19.0 Å². The molecule has 7 nitrogen and oxygen atoms in total. The predicted octanol–water partition coefficient (Wildman–Crippen LogP) is 4.61. The van der Waals surface area contributed by atoms with E-state index in [4.69, 9.17) is 26.3 Å². The molecule has 0 aliphatic rings. The highest BCUT2D eigenvalue weighted by Gasteiger charge is 2.19. The second-order valence-electron chi connectivity index (χ2n) is 6.92. The molecule has 8 heteroatoms. The number of carbonyl (C=O) groups excluding carboxylic acids is 2. The molecule has 31 heavy (non-hydrogen) atoms. The number of nitrogens with zero attached hydrogens (tertiary/aromatic N) is 1. The van der Waals surface area contributed by atoms with E-state index < -0.39 is 17.9 Å². The summed E-state index contributed by atoms with van der Waals surface area (Å²) in [5.41, 5.74) is 1.37. The molecule has 0 heterocycles. The lowest BCUT2D eigenvalue weighted by Crippen LogP contribution is -2.36. The number of carbonyl (C=O) groups is 2. The van der Waals surface area contributed by atoms with Crippen LogP contribution in [-0.2, 0) is 9.59 Å². The van der Waals surface area contributed by atoms with Crippen LogP contribution in [0.25, 0.3) is 0 Å². The first-order valence-corrected chi connectivity index (χ1v) is 10.4. The van der Waals surface area contributed by atoms with Crippen LogP contribution in [0.4, 0.5) is 5.69 Å². The van der Waals surface area contributed by atoms with Gasteiger partial charge in [-0.1, -0.05) is 37.4 Å². The monoisotopic (exact) mass is 443 g/mol. The average molecular weight is 444 g/mol. The molecule has 2 amide bonds. The maximum absolute atomic E-state index is 12.3. The van der Waals surface area contributed by atoms with Crippen molar-refractivity contribution in [1.29, 1.82) is 5.26 Å². The molecule has 1 atom stereocenters. The fourth-order valence-electron chi connectivity index (χ4n) is 2.82. The second-order valence-corrected chi connectivity index (χ2v) is 7.33. The molecule has 0 aromatic heterocycles. The van der Waals surface area contributed by atoms with Crippen molar-refractivity contribution in [2.24, 2.45) is 0 Å². The van der Waals surface area contributed by atoms with Gasteiger partial charge in [0, 0.05) is 5.69 Å². The minimum atomic E-state index is -0.838. The predicted molar refractivity (Wildman–Crippen MR) is 119 cm³/mol. The van der Waals surface area contributed by atoms with Crippen LogP contribution in [0.3, 0.4) is 0 Å². The summed E-state index contributed by atoms with van der Waals surface area (Å²) in [6.45, 7) is 4.50. The van der Waals surface area contributed by atoms with Gasteiger partial charge in [-0.25, -0.2) is 0 Å². The number of halogens is 1. The standard InChI is InChI=1S/C23H26ClN3O4/c1-4-5-6-11-31-20-10-8-16(12-21(20)30-3)15(2)26-22(28)23(29)27-18-9-7-17(14-25)19(24)13-18/h7-10,12-13,15H,4-6,11H2,1-3H3,(H,26,28)(H,27,29). The van der Waals surface area contributed by atoms with E-state index in [1.54, 1.807) is 26.2 Å². The van der Waals surface area contributed by atoms with Gasteiger partial charge in [-0.2, -0.15) is 5.26 Å². The number of nitriles is 1. The fourth-order valence-corrected chi connectivity index (χ4v) is 3.05. The minimum Gasteiger partial charge on any atom is -0.493 e. The Kier molecular flexibility index (Phi) is 9.16. The zero-order chi connectivity index (χ0) is 22.8. The van der Waals surface area contributed by atoms with E-state index in [0.29, 0.717) is 23.8 Å². The first kappa shape index (κ1) is 24.0. The molecule has 0 fully saturated rings. The summed E-state index contributed by atoms with van der Waals surface area (Å²) >= 11 is 5.95. The van der Waals surface area contributed by atoms with Crippen molar-refractivity contribution in [3.8, 4) is 17.6 Å². The number of rotatable bonds is 9. The van der Waals surface area contributed by atoms with Gasteiger partial charge in [0.1, 0.15) is 6.07 Å². The van der Waals surface area contributed by atoms with E-state index in [1.807, 2.05) is 12.1 Å². The highest BCUT2D eigenvalue weighted by Crippen LogP contribution is 2.30. The van der Waals surface area contributed by atoms with Crippen LogP contribution in [0.15, 0.2) is 36.4 Å². The van der Waals surface area contributed by atoms with Crippen LogP contribution >= 0.6 is 11.6 Å². The maximum atomic E-state index is 12.3. The van der Waals surface area contributed by atoms with Crippen LogP contribution < -0.4 is 20.1 Å². The van der Waals surface area contributed by atoms with E-state index in [-0.39, 0.29) is 10.6 Å². The summed E-state index contributed by atoms with van der Waals surface area (Å²) in [4.78, 5) is 24.5. The summed E-state index contributed by atoms with van der Waals surface area (Å²) in [5, 5.41) is 14.2. The Morgan fingerprint density at radius 3 is 2.55 bits per heavy atom. The fraction of sp³-hybridized carbons (Fsp3) is 0.348. The van der Waals surface area contributed by atoms with Gasteiger partial charge in [-0.3, -0.25) is 9.59 Å². The number of amides is 2. The zero-order valence-electron chi connectivity index (χ0n) is 17.8. The summed E-state index contributed by atoms with van der Waals surface area (Å²) in [6.07, 6.45) is 3.18. The van der Waals surface area contributed by atoms with Crippen LogP contribution in [0.5, 0.6) is 11.5 Å². The molecule has 2 N–H and O–H groups in total. The number of methoxy groups -OCH3 is 1. The molecular formula is C23H26ClN3O4. The quantitative estimate of drug-likeness (QED) is 0.435. The van der Waals surface area contributed by atoms with E-state index in [2.05, 4.69) is 17.6 Å². The van der Waals surface area contributed by atoms with E-state index in [9.17, 15) is 9.59 Å². The second kappa shape index (κ2) is 11.8. The summed E-state index contributed by atoms with van der Waals surface area (Å²) in [6, 6.07) is 11.3. The molecule has 0 saturated heterocycles. The number of hydrogen-bond donors (Lipinski definition) is 2. The molecule has 0 aliphatic heterocycles. The number of ether oxygens (including phenoxy) is 2. The Balaban J connectivity index is 1.99. The van der Waals surface area contributed by atoms with Crippen molar-refractivity contribution < 1.29 is 19.1 Å². The Morgan fingerprint density at radius 2 is 1.90 bits per heavy atom. The van der Waals surface area contributed by atoms with Gasteiger partial charge < -0.3 is 20.1 Å². The summed E-state index contributed by atoms with van der Waals surface area (Å²) in [7, 11) is 1.55. The summed E-state index contributed by atoms with van der Waals surface area (Å²) in [5.74, 6) is -0.439. The molecule has 0 aliphatic carbocycles. The van der Waals surface area contributed by atoms with E-state index >= 15 is 0 Å². The molecule has 2 rings (SSSR count). The minimum absolute atomic E-state index is 0.193. The van der Waals surface area contributed by atoms with Crippen molar-refractivity contribution >= 4 is 29.1 Å². The Labute approximate surface area is 187 Å². The van der Waals surface area contributed by atoms with Crippen LogP contribution in [0.1, 0.15) is 50.3 Å². The van der Waals surface area contributed by atoms with Crippen molar-refractivity contribution in [2.45, 2.75) is 39.2 Å². The number of benzene rings is 2. The Morgan fingerprint density at radius 1 is 1.13 bits per heavy atom. The van der Waals surface area contributed by atoms with Gasteiger partial charge in [-0.05, 0) is 49.2 Å². The van der Waals surface area contributed by atoms with Gasteiger partial charge in [0.25, 0.3) is 0 Å². The molecule has 2 aromatic carbocycles. The lowest BCUT2D eigenvalue weighted by molar-refractivity contribution is -0.136. The third kappa shape index (κ3) is 6.90. The van der Waals surface area contributed by atoms with Gasteiger partial charge in [-0.15, -0.1) is 0 Å². The van der Waals surface area contributed by atoms with Gasteiger partial charge >= 0.3 is 11.8 Å². The van der Waals surface area contributed by atoms with E-state index in [0.717, 1.165) is 24.8 Å². The zero-order valence-corrected chi connectivity index (χ0v) is 18.6. The molecule has 1 unspecified atom stereocenters. The van der Waals surface area contributed by atoms with Crippen LogP contribution in [0.2, 0.25) is 5.02 Å². The lowest BCUT2D eigenvalue weighted by Gasteiger charge is -2.17. The third-order valence-corrected chi connectivity index (χ3v) is 4.91. The lowest BCUT2D eigenvalue weighted by atomic mass is 10.1. The normalized spacial score (nSPS) is 11.2. The maximum Gasteiger partial charge on any atom is 0.313 e. The molecule has 0 radical (unpaired) electrons. The molecule has 0 spiro atoms. The molecule has 0 bridgehead atoms. The number of anilines is 1. The first-order chi connectivity index (χ1) is 14.9. The van der Waals surface area contributed by atoms with Crippen LogP contribution in [-0.4, -0.2) is 25.5 Å². The van der Waals surface area contributed by atoms with Crippen molar-refractivity contribution in [3.63, 3.8) is 0 Å². The molecule has 2 aromatic rings. The Hall–Kier alpha value is -3.24. The third-order valence-electron chi connectivity index (χ3n) is 4.59. The number of unbranched alkanes of at least 4 members (excludes halogenated alkanes) is 2. The number of nitrogens with one attached hydrogen (secondary N) is 2. The number of hydrogen-bond acceptors (Lipinski definition) is 5. The van der Waals surface area contributed by atoms with Crippen molar-refractivity contribution in [1.82, 2.24) is 5.32 Å². The smallest absolute Gasteiger partial charge is 0.313 e. The van der Waals surface area contributed by atoms with Gasteiger partial charge in [0.15, 0.2) is 11.5 Å². The molecule has 0 saturated carbocycles. The topological polar surface area (TPSA) is 100 Å². The summed E-state index contributed by atoms with van der Waals surface area (Å²) < 4.78 is 11.2. The average Bonchev–Trinajstić information content (AvgIpc) is 2.76. The van der Waals surface area contributed by atoms with Crippen LogP contribution in [0, 0.1) is 11.3 Å². The molecule has 164 valence electrons. The highest BCUT2D eigenvalue weighted by atomic mass is 35.5. The van der Waals surface area contributed by atoms with Gasteiger partial charge in [0.2, 0.25) is 0 Å².